The van der Waals surface area contributed by atoms with Crippen LogP contribution in [0.3, 0.4) is 0 Å². The van der Waals surface area contributed by atoms with E-state index in [1.54, 1.807) is 14.0 Å². The third-order valence-corrected chi connectivity index (χ3v) is 3.75. The Labute approximate surface area is 135 Å². The van der Waals surface area contributed by atoms with Crippen LogP contribution in [0, 0.1) is 0 Å². The summed E-state index contributed by atoms with van der Waals surface area (Å²) in [5, 5.41) is 11.6. The van der Waals surface area contributed by atoms with Gasteiger partial charge in [0.1, 0.15) is 5.75 Å². The van der Waals surface area contributed by atoms with Crippen LogP contribution in [0.25, 0.3) is 0 Å². The van der Waals surface area contributed by atoms with Crippen LogP contribution in [0.5, 0.6) is 5.75 Å². The maximum Gasteiger partial charge on any atom is 0.312 e. The highest BCUT2D eigenvalue weighted by molar-refractivity contribution is 6.35. The Kier molecular flexibility index (Phi) is 5.81. The number of piperazine rings is 1. The zero-order valence-electron chi connectivity index (χ0n) is 13.5. The highest BCUT2D eigenvalue weighted by Gasteiger charge is 2.26. The van der Waals surface area contributed by atoms with Gasteiger partial charge in [-0.3, -0.25) is 9.59 Å². The lowest BCUT2D eigenvalue weighted by Crippen LogP contribution is -2.53. The molecule has 7 heteroatoms. The van der Waals surface area contributed by atoms with Crippen molar-refractivity contribution in [1.29, 1.82) is 0 Å². The molecule has 0 bridgehead atoms. The molecule has 0 aliphatic carbocycles. The van der Waals surface area contributed by atoms with E-state index in [1.165, 1.54) is 4.90 Å². The van der Waals surface area contributed by atoms with Crippen molar-refractivity contribution in [1.82, 2.24) is 10.2 Å². The van der Waals surface area contributed by atoms with E-state index in [2.05, 4.69) is 10.2 Å². The van der Waals surface area contributed by atoms with Crippen LogP contribution in [0.1, 0.15) is 6.92 Å². The van der Waals surface area contributed by atoms with Crippen molar-refractivity contribution < 1.29 is 19.4 Å². The first-order valence-corrected chi connectivity index (χ1v) is 7.66. The molecule has 2 N–H and O–H groups in total. The number of carbonyl (C=O) groups is 2. The highest BCUT2D eigenvalue weighted by atomic mass is 16.5. The molecule has 1 heterocycles. The molecular formula is C16H23N3O4. The molecule has 0 aromatic heterocycles. The summed E-state index contributed by atoms with van der Waals surface area (Å²) in [6, 6.07) is 7.73. The monoisotopic (exact) mass is 321 g/mol. The Morgan fingerprint density at radius 1 is 1.26 bits per heavy atom. The van der Waals surface area contributed by atoms with Crippen molar-refractivity contribution in [3.63, 3.8) is 0 Å². The van der Waals surface area contributed by atoms with Crippen LogP contribution in [0.4, 0.5) is 5.69 Å². The van der Waals surface area contributed by atoms with E-state index >= 15 is 0 Å². The van der Waals surface area contributed by atoms with Gasteiger partial charge in [0.05, 0.1) is 18.9 Å². The molecule has 1 atom stereocenters. The van der Waals surface area contributed by atoms with E-state index in [-0.39, 0.29) is 6.54 Å². The second-order valence-corrected chi connectivity index (χ2v) is 5.51. The van der Waals surface area contributed by atoms with Crippen LogP contribution >= 0.6 is 0 Å². The SMILES string of the molecule is COc1ccccc1N1CCN(C(=O)C(=O)NCC(C)O)CC1. The summed E-state index contributed by atoms with van der Waals surface area (Å²) in [6.07, 6.45) is -0.672. The molecule has 1 aliphatic rings. The zero-order chi connectivity index (χ0) is 16.8. The summed E-state index contributed by atoms with van der Waals surface area (Å²) < 4.78 is 5.36. The number of amides is 2. The summed E-state index contributed by atoms with van der Waals surface area (Å²) in [5.41, 5.74) is 0.987. The minimum absolute atomic E-state index is 0.0752. The Morgan fingerprint density at radius 2 is 1.91 bits per heavy atom. The first-order valence-electron chi connectivity index (χ1n) is 7.66. The molecule has 0 spiro atoms. The predicted octanol–water partition coefficient (Wildman–Crippen LogP) is -0.159. The fourth-order valence-corrected chi connectivity index (χ4v) is 2.50. The Bertz CT molecular complexity index is 554. The minimum atomic E-state index is -0.672. The van der Waals surface area contributed by atoms with Gasteiger partial charge in [-0.05, 0) is 19.1 Å². The molecular weight excluding hydrogens is 298 g/mol. The van der Waals surface area contributed by atoms with Crippen molar-refractivity contribution in [2.75, 3.05) is 44.7 Å². The van der Waals surface area contributed by atoms with Crippen molar-refractivity contribution in [2.24, 2.45) is 0 Å². The average molecular weight is 321 g/mol. The molecule has 23 heavy (non-hydrogen) atoms. The quantitative estimate of drug-likeness (QED) is 0.753. The Balaban J connectivity index is 1.90. The number of aliphatic hydroxyl groups excluding tert-OH is 1. The van der Waals surface area contributed by atoms with Gasteiger partial charge >= 0.3 is 11.8 Å². The highest BCUT2D eigenvalue weighted by Crippen LogP contribution is 2.28. The third kappa shape index (κ3) is 4.35. The van der Waals surface area contributed by atoms with E-state index < -0.39 is 17.9 Å². The number of nitrogens with zero attached hydrogens (tertiary/aromatic N) is 2. The second kappa shape index (κ2) is 7.82. The van der Waals surface area contributed by atoms with Crippen LogP contribution in [0.2, 0.25) is 0 Å². The summed E-state index contributed by atoms with van der Waals surface area (Å²) in [6.45, 7) is 3.84. The average Bonchev–Trinajstić information content (AvgIpc) is 2.59. The third-order valence-electron chi connectivity index (χ3n) is 3.75. The molecule has 126 valence electrons. The summed E-state index contributed by atoms with van der Waals surface area (Å²) >= 11 is 0. The second-order valence-electron chi connectivity index (χ2n) is 5.51. The lowest BCUT2D eigenvalue weighted by Gasteiger charge is -2.36. The maximum atomic E-state index is 12.1. The van der Waals surface area contributed by atoms with Crippen LogP contribution < -0.4 is 15.0 Å². The van der Waals surface area contributed by atoms with E-state index in [9.17, 15) is 9.59 Å². The molecule has 1 saturated heterocycles. The molecule has 0 radical (unpaired) electrons. The number of para-hydroxylation sites is 2. The molecule has 1 aromatic carbocycles. The number of benzene rings is 1. The van der Waals surface area contributed by atoms with E-state index in [4.69, 9.17) is 9.84 Å². The van der Waals surface area contributed by atoms with Gasteiger partial charge in [0.25, 0.3) is 0 Å². The first kappa shape index (κ1) is 17.1. The lowest BCUT2D eigenvalue weighted by molar-refractivity contribution is -0.146. The molecule has 1 aliphatic heterocycles. The molecule has 2 rings (SSSR count). The fourth-order valence-electron chi connectivity index (χ4n) is 2.50. The fraction of sp³-hybridized carbons (Fsp3) is 0.500. The number of ether oxygens (including phenoxy) is 1. The van der Waals surface area contributed by atoms with Crippen molar-refractivity contribution in [3.05, 3.63) is 24.3 Å². The van der Waals surface area contributed by atoms with Gasteiger partial charge in [0.2, 0.25) is 0 Å². The number of carbonyl (C=O) groups excluding carboxylic acids is 2. The molecule has 0 saturated carbocycles. The zero-order valence-corrected chi connectivity index (χ0v) is 13.5. The molecule has 7 nitrogen and oxygen atoms in total. The van der Waals surface area contributed by atoms with Gasteiger partial charge in [-0.25, -0.2) is 0 Å². The molecule has 1 fully saturated rings. The topological polar surface area (TPSA) is 82.1 Å². The van der Waals surface area contributed by atoms with E-state index in [0.29, 0.717) is 26.2 Å². The normalized spacial score (nSPS) is 16.0. The maximum absolute atomic E-state index is 12.1. The van der Waals surface area contributed by atoms with Gasteiger partial charge in [-0.15, -0.1) is 0 Å². The van der Waals surface area contributed by atoms with E-state index in [0.717, 1.165) is 11.4 Å². The molecule has 1 unspecified atom stereocenters. The van der Waals surface area contributed by atoms with Crippen LogP contribution in [0.15, 0.2) is 24.3 Å². The number of methoxy groups -OCH3 is 1. The van der Waals surface area contributed by atoms with Crippen molar-refractivity contribution in [3.8, 4) is 5.75 Å². The van der Waals surface area contributed by atoms with Gasteiger partial charge in [-0.1, -0.05) is 12.1 Å². The Morgan fingerprint density at radius 3 is 2.52 bits per heavy atom. The van der Waals surface area contributed by atoms with Crippen molar-refractivity contribution in [2.45, 2.75) is 13.0 Å². The van der Waals surface area contributed by atoms with Gasteiger partial charge in [-0.2, -0.15) is 0 Å². The smallest absolute Gasteiger partial charge is 0.312 e. The number of nitrogens with one attached hydrogen (secondary N) is 1. The van der Waals surface area contributed by atoms with Gasteiger partial charge in [0.15, 0.2) is 0 Å². The minimum Gasteiger partial charge on any atom is -0.495 e. The van der Waals surface area contributed by atoms with Gasteiger partial charge in [0, 0.05) is 32.7 Å². The summed E-state index contributed by atoms with van der Waals surface area (Å²) in [4.78, 5) is 27.5. The predicted molar refractivity (Wildman–Crippen MR) is 86.5 cm³/mol. The summed E-state index contributed by atoms with van der Waals surface area (Å²) in [7, 11) is 1.63. The van der Waals surface area contributed by atoms with Crippen molar-refractivity contribution >= 4 is 17.5 Å². The number of rotatable bonds is 4. The number of hydrogen-bond donors (Lipinski definition) is 2. The molecule has 1 aromatic rings. The van der Waals surface area contributed by atoms with E-state index in [1.807, 2.05) is 24.3 Å². The van der Waals surface area contributed by atoms with Crippen LogP contribution in [-0.2, 0) is 9.59 Å². The first-order chi connectivity index (χ1) is 11.0. The Hall–Kier alpha value is -2.28. The largest absolute Gasteiger partial charge is 0.495 e. The van der Waals surface area contributed by atoms with Gasteiger partial charge < -0.3 is 25.0 Å². The molecule has 2 amide bonds. The number of hydrogen-bond acceptors (Lipinski definition) is 5. The standard InChI is InChI=1S/C16H23N3O4/c1-12(20)11-17-15(21)16(22)19-9-7-18(8-10-19)13-5-3-4-6-14(13)23-2/h3-6,12,20H,7-11H2,1-2H3,(H,17,21). The number of aliphatic hydroxyl groups is 1. The lowest BCUT2D eigenvalue weighted by atomic mass is 10.2. The summed E-state index contributed by atoms with van der Waals surface area (Å²) in [5.74, 6) is -0.427. The van der Waals surface area contributed by atoms with Crippen LogP contribution in [-0.4, -0.2) is 67.8 Å². The number of anilines is 1.